The number of amides is 2. The lowest BCUT2D eigenvalue weighted by molar-refractivity contribution is 0.0182. The van der Waals surface area contributed by atoms with Crippen LogP contribution >= 0.6 is 11.6 Å². The van der Waals surface area contributed by atoms with Crippen molar-refractivity contribution in [3.63, 3.8) is 0 Å². The van der Waals surface area contributed by atoms with E-state index < -0.39 is 11.7 Å². The number of hydrogen-bond acceptors (Lipinski definition) is 4. The number of carbonyl (C=O) groups is 2. The first-order valence-electron chi connectivity index (χ1n) is 9.15. The minimum absolute atomic E-state index is 0.232. The van der Waals surface area contributed by atoms with Crippen LogP contribution in [0.5, 0.6) is 0 Å². The van der Waals surface area contributed by atoms with Gasteiger partial charge in [0.2, 0.25) is 0 Å². The van der Waals surface area contributed by atoms with E-state index in [1.54, 1.807) is 28.8 Å². The second-order valence-corrected chi connectivity index (χ2v) is 8.37. The molecule has 0 radical (unpaired) electrons. The van der Waals surface area contributed by atoms with Crippen molar-refractivity contribution in [2.24, 2.45) is 7.05 Å². The van der Waals surface area contributed by atoms with Gasteiger partial charge in [0.15, 0.2) is 0 Å². The number of rotatable bonds is 3. The normalized spacial score (nSPS) is 16.1. The summed E-state index contributed by atoms with van der Waals surface area (Å²) in [5, 5.41) is 8.04. The Morgan fingerprint density at radius 3 is 2.54 bits per heavy atom. The standard InChI is InChI=1S/C20H25ClN4O3/c1-12-16-15(11-25(12)19(27)28-20(2,3)4)17(24(5)23-16)18(26)22-10-13-6-8-14(21)9-7-13/h6-9,12H,10-11H2,1-5H3,(H,22,26). The molecule has 1 aromatic carbocycles. The van der Waals surface area contributed by atoms with E-state index in [9.17, 15) is 9.59 Å². The molecule has 0 spiro atoms. The molecule has 0 aliphatic carbocycles. The van der Waals surface area contributed by atoms with Crippen molar-refractivity contribution in [3.8, 4) is 0 Å². The molecule has 2 aromatic rings. The first-order chi connectivity index (χ1) is 13.1. The van der Waals surface area contributed by atoms with Gasteiger partial charge in [0.25, 0.3) is 5.91 Å². The van der Waals surface area contributed by atoms with Crippen molar-refractivity contribution in [3.05, 3.63) is 51.8 Å². The lowest BCUT2D eigenvalue weighted by Gasteiger charge is -2.27. The smallest absolute Gasteiger partial charge is 0.411 e. The largest absolute Gasteiger partial charge is 0.444 e. The topological polar surface area (TPSA) is 76.5 Å². The van der Waals surface area contributed by atoms with Gasteiger partial charge >= 0.3 is 6.09 Å². The van der Waals surface area contributed by atoms with E-state index in [0.717, 1.165) is 16.8 Å². The Kier molecular flexibility index (Phi) is 5.39. The van der Waals surface area contributed by atoms with E-state index in [4.69, 9.17) is 16.3 Å². The molecule has 1 aliphatic rings. The Hall–Kier alpha value is -2.54. The number of benzene rings is 1. The van der Waals surface area contributed by atoms with Crippen molar-refractivity contribution in [2.75, 3.05) is 0 Å². The van der Waals surface area contributed by atoms with E-state index in [2.05, 4.69) is 10.4 Å². The molecular formula is C20H25ClN4O3. The number of aryl methyl sites for hydroxylation is 1. The Morgan fingerprint density at radius 2 is 1.93 bits per heavy atom. The summed E-state index contributed by atoms with van der Waals surface area (Å²) in [5.41, 5.74) is 2.31. The second-order valence-electron chi connectivity index (χ2n) is 7.93. The Morgan fingerprint density at radius 1 is 1.29 bits per heavy atom. The van der Waals surface area contributed by atoms with Gasteiger partial charge in [-0.3, -0.25) is 14.4 Å². The van der Waals surface area contributed by atoms with Crippen molar-refractivity contribution >= 4 is 23.6 Å². The molecule has 1 aliphatic heterocycles. The predicted molar refractivity (Wildman–Crippen MR) is 106 cm³/mol. The van der Waals surface area contributed by atoms with Crippen LogP contribution in [0.3, 0.4) is 0 Å². The molecule has 0 saturated carbocycles. The summed E-state index contributed by atoms with van der Waals surface area (Å²) in [4.78, 5) is 26.9. The Balaban J connectivity index is 1.75. The number of aromatic nitrogens is 2. The number of nitrogens with one attached hydrogen (secondary N) is 1. The number of halogens is 1. The average Bonchev–Trinajstić information content (AvgIpc) is 3.08. The molecule has 2 amide bonds. The van der Waals surface area contributed by atoms with E-state index >= 15 is 0 Å². The molecule has 0 saturated heterocycles. The van der Waals surface area contributed by atoms with Crippen LogP contribution in [0.25, 0.3) is 0 Å². The van der Waals surface area contributed by atoms with Crippen LogP contribution in [-0.2, 0) is 24.9 Å². The van der Waals surface area contributed by atoms with Gasteiger partial charge < -0.3 is 10.1 Å². The van der Waals surface area contributed by atoms with Gasteiger partial charge in [-0.15, -0.1) is 0 Å². The average molecular weight is 405 g/mol. The quantitative estimate of drug-likeness (QED) is 0.843. The number of nitrogens with zero attached hydrogens (tertiary/aromatic N) is 3. The Labute approximate surface area is 169 Å². The van der Waals surface area contributed by atoms with E-state index in [1.165, 1.54) is 0 Å². The maximum atomic E-state index is 12.8. The third kappa shape index (κ3) is 4.14. The van der Waals surface area contributed by atoms with Crippen LogP contribution in [0.4, 0.5) is 4.79 Å². The molecule has 28 heavy (non-hydrogen) atoms. The highest BCUT2D eigenvalue weighted by atomic mass is 35.5. The van der Waals surface area contributed by atoms with Gasteiger partial charge in [-0.2, -0.15) is 5.10 Å². The summed E-state index contributed by atoms with van der Waals surface area (Å²) in [6.45, 7) is 8.04. The van der Waals surface area contributed by atoms with Crippen molar-refractivity contribution in [1.82, 2.24) is 20.0 Å². The van der Waals surface area contributed by atoms with Gasteiger partial charge in [-0.05, 0) is 45.4 Å². The monoisotopic (exact) mass is 404 g/mol. The highest BCUT2D eigenvalue weighted by Crippen LogP contribution is 2.35. The lowest BCUT2D eigenvalue weighted by atomic mass is 10.1. The Bertz CT molecular complexity index is 899. The van der Waals surface area contributed by atoms with Gasteiger partial charge in [0.1, 0.15) is 11.3 Å². The molecule has 1 N–H and O–H groups in total. The number of ether oxygens (including phenoxy) is 1. The summed E-state index contributed by atoms with van der Waals surface area (Å²) in [7, 11) is 1.74. The third-order valence-electron chi connectivity index (χ3n) is 4.58. The molecule has 0 bridgehead atoms. The molecule has 2 heterocycles. The third-order valence-corrected chi connectivity index (χ3v) is 4.83. The summed E-state index contributed by atoms with van der Waals surface area (Å²) >= 11 is 5.89. The molecular weight excluding hydrogens is 380 g/mol. The predicted octanol–water partition coefficient (Wildman–Crippen LogP) is 3.82. The van der Waals surface area contributed by atoms with Crippen LogP contribution in [0.15, 0.2) is 24.3 Å². The minimum Gasteiger partial charge on any atom is -0.444 e. The zero-order chi connectivity index (χ0) is 20.6. The molecule has 0 fully saturated rings. The fourth-order valence-corrected chi connectivity index (χ4v) is 3.36. The first kappa shape index (κ1) is 20.2. The number of fused-ring (bicyclic) bond motifs is 1. The van der Waals surface area contributed by atoms with Crippen LogP contribution in [-0.4, -0.2) is 32.3 Å². The summed E-state index contributed by atoms with van der Waals surface area (Å²) < 4.78 is 7.05. The van der Waals surface area contributed by atoms with Gasteiger partial charge in [0.05, 0.1) is 18.3 Å². The van der Waals surface area contributed by atoms with E-state index in [-0.39, 0.29) is 11.9 Å². The molecule has 7 nitrogen and oxygen atoms in total. The number of carbonyl (C=O) groups excluding carboxylic acids is 2. The first-order valence-corrected chi connectivity index (χ1v) is 9.52. The zero-order valence-corrected chi connectivity index (χ0v) is 17.5. The number of hydrogen-bond donors (Lipinski definition) is 1. The highest BCUT2D eigenvalue weighted by molar-refractivity contribution is 6.30. The van der Waals surface area contributed by atoms with Gasteiger partial charge in [0, 0.05) is 24.2 Å². The maximum Gasteiger partial charge on any atom is 0.411 e. The van der Waals surface area contributed by atoms with Crippen LogP contribution in [0.2, 0.25) is 5.02 Å². The van der Waals surface area contributed by atoms with Crippen molar-refractivity contribution in [1.29, 1.82) is 0 Å². The summed E-state index contributed by atoms with van der Waals surface area (Å²) in [6, 6.07) is 7.04. The highest BCUT2D eigenvalue weighted by Gasteiger charge is 2.39. The molecule has 1 unspecified atom stereocenters. The van der Waals surface area contributed by atoms with Crippen LogP contribution in [0, 0.1) is 0 Å². The minimum atomic E-state index is -0.583. The summed E-state index contributed by atoms with van der Waals surface area (Å²) in [5.74, 6) is -0.232. The molecule has 1 atom stereocenters. The van der Waals surface area contributed by atoms with Gasteiger partial charge in [-0.1, -0.05) is 23.7 Å². The lowest BCUT2D eigenvalue weighted by Crippen LogP contribution is -2.35. The fourth-order valence-electron chi connectivity index (χ4n) is 3.23. The molecule has 8 heteroatoms. The SMILES string of the molecule is CC1c2nn(C)c(C(=O)NCc3ccc(Cl)cc3)c2CN1C(=O)OC(C)(C)C. The van der Waals surface area contributed by atoms with Crippen molar-refractivity contribution in [2.45, 2.75) is 52.4 Å². The second kappa shape index (κ2) is 7.47. The zero-order valence-electron chi connectivity index (χ0n) is 16.7. The van der Waals surface area contributed by atoms with Gasteiger partial charge in [-0.25, -0.2) is 4.79 Å². The van der Waals surface area contributed by atoms with Crippen LogP contribution in [0.1, 0.15) is 61.0 Å². The fraction of sp³-hybridized carbons (Fsp3) is 0.450. The maximum absolute atomic E-state index is 12.8. The van der Waals surface area contributed by atoms with Crippen LogP contribution < -0.4 is 5.32 Å². The molecule has 1 aromatic heterocycles. The van der Waals surface area contributed by atoms with E-state index in [0.29, 0.717) is 23.8 Å². The molecule has 150 valence electrons. The van der Waals surface area contributed by atoms with E-state index in [1.807, 2.05) is 39.8 Å². The summed E-state index contributed by atoms with van der Waals surface area (Å²) in [6.07, 6.45) is -0.409. The van der Waals surface area contributed by atoms with Crippen molar-refractivity contribution < 1.29 is 14.3 Å². The molecule has 3 rings (SSSR count).